The second-order valence-electron chi connectivity index (χ2n) is 4.85. The van der Waals surface area contributed by atoms with Crippen molar-refractivity contribution in [2.24, 2.45) is 0 Å². The Bertz CT molecular complexity index is 626. The number of aromatic amines is 1. The van der Waals surface area contributed by atoms with Gasteiger partial charge in [0.15, 0.2) is 5.69 Å². The van der Waals surface area contributed by atoms with Crippen molar-refractivity contribution in [2.75, 3.05) is 13.1 Å². The summed E-state index contributed by atoms with van der Waals surface area (Å²) in [7, 11) is 0. The number of amides is 2. The Morgan fingerprint density at radius 2 is 2.14 bits per heavy atom. The van der Waals surface area contributed by atoms with Crippen LogP contribution >= 0.6 is 0 Å². The first-order chi connectivity index (χ1) is 10.3. The summed E-state index contributed by atoms with van der Waals surface area (Å²) in [4.78, 5) is 26.1. The minimum atomic E-state index is -0.523. The summed E-state index contributed by atoms with van der Waals surface area (Å²) >= 11 is 0. The monoisotopic (exact) mass is 285 g/mol. The molecule has 0 aliphatic carbocycles. The summed E-state index contributed by atoms with van der Waals surface area (Å²) in [5.74, 6) is -0.415. The lowest BCUT2D eigenvalue weighted by atomic mass is 10.0. The molecule has 2 N–H and O–H groups in total. The molecule has 1 aliphatic heterocycles. The van der Waals surface area contributed by atoms with Crippen molar-refractivity contribution in [3.05, 3.63) is 47.8 Å². The summed E-state index contributed by atoms with van der Waals surface area (Å²) in [6.07, 6.45) is 1.85. The first-order valence-electron chi connectivity index (χ1n) is 6.74. The Labute approximate surface area is 121 Å². The van der Waals surface area contributed by atoms with Crippen LogP contribution in [0.3, 0.4) is 0 Å². The van der Waals surface area contributed by atoms with E-state index in [9.17, 15) is 9.59 Å². The van der Waals surface area contributed by atoms with E-state index in [2.05, 4.69) is 20.7 Å². The number of hydrogen-bond acceptors (Lipinski definition) is 4. The third-order valence-corrected chi connectivity index (χ3v) is 3.50. The van der Waals surface area contributed by atoms with Gasteiger partial charge in [-0.3, -0.25) is 9.59 Å². The van der Waals surface area contributed by atoms with E-state index in [1.165, 1.54) is 6.20 Å². The Kier molecular flexibility index (Phi) is 3.63. The number of piperazine rings is 1. The van der Waals surface area contributed by atoms with Gasteiger partial charge in [-0.1, -0.05) is 30.3 Å². The van der Waals surface area contributed by atoms with E-state index >= 15 is 0 Å². The van der Waals surface area contributed by atoms with Crippen LogP contribution in [0.15, 0.2) is 36.5 Å². The van der Waals surface area contributed by atoms with E-state index in [1.54, 1.807) is 4.90 Å². The second-order valence-corrected chi connectivity index (χ2v) is 4.85. The van der Waals surface area contributed by atoms with Crippen molar-refractivity contribution in [3.63, 3.8) is 0 Å². The molecule has 3 rings (SSSR count). The largest absolute Gasteiger partial charge is 0.353 e. The van der Waals surface area contributed by atoms with Gasteiger partial charge in [0.25, 0.3) is 5.91 Å². The van der Waals surface area contributed by atoms with Crippen molar-refractivity contribution in [1.82, 2.24) is 25.6 Å². The Hall–Kier alpha value is -2.70. The molecule has 0 saturated carbocycles. The highest BCUT2D eigenvalue weighted by Crippen LogP contribution is 2.14. The number of aromatic nitrogens is 3. The van der Waals surface area contributed by atoms with Crippen LogP contribution in [0.2, 0.25) is 0 Å². The van der Waals surface area contributed by atoms with Crippen LogP contribution in [-0.2, 0) is 11.2 Å². The van der Waals surface area contributed by atoms with Crippen LogP contribution in [0.25, 0.3) is 0 Å². The smallest absolute Gasteiger partial charge is 0.276 e. The van der Waals surface area contributed by atoms with Crippen molar-refractivity contribution < 1.29 is 9.59 Å². The van der Waals surface area contributed by atoms with Gasteiger partial charge in [0, 0.05) is 19.5 Å². The standard InChI is InChI=1S/C14H15N5O2/c20-13-12(8-10-4-2-1-3-5-10)19(7-6-15-13)14(21)11-9-16-18-17-11/h1-5,9,12H,6-8H2,(H,15,20)(H,16,17,18)/t12-/m1/s1. The quantitative estimate of drug-likeness (QED) is 0.829. The summed E-state index contributed by atoms with van der Waals surface area (Å²) in [5, 5.41) is 12.7. The highest BCUT2D eigenvalue weighted by atomic mass is 16.2. The van der Waals surface area contributed by atoms with Crippen molar-refractivity contribution in [1.29, 1.82) is 0 Å². The molecule has 1 fully saturated rings. The lowest BCUT2D eigenvalue weighted by Gasteiger charge is -2.34. The average Bonchev–Trinajstić information content (AvgIpc) is 3.04. The molecule has 0 unspecified atom stereocenters. The summed E-state index contributed by atoms with van der Waals surface area (Å²) in [6.45, 7) is 0.919. The van der Waals surface area contributed by atoms with Crippen LogP contribution in [0, 0.1) is 0 Å². The molecule has 1 atom stereocenters. The zero-order valence-electron chi connectivity index (χ0n) is 11.3. The van der Waals surface area contributed by atoms with Gasteiger partial charge in [0.05, 0.1) is 6.20 Å². The van der Waals surface area contributed by atoms with Gasteiger partial charge in [-0.05, 0) is 5.56 Å². The number of benzene rings is 1. The number of nitrogens with zero attached hydrogens (tertiary/aromatic N) is 3. The molecule has 1 saturated heterocycles. The molecule has 1 aromatic carbocycles. The van der Waals surface area contributed by atoms with Crippen LogP contribution in [0.1, 0.15) is 16.1 Å². The third-order valence-electron chi connectivity index (χ3n) is 3.50. The Morgan fingerprint density at radius 3 is 2.86 bits per heavy atom. The highest BCUT2D eigenvalue weighted by molar-refractivity contribution is 5.96. The molecule has 0 spiro atoms. The van der Waals surface area contributed by atoms with Crippen LogP contribution in [0.4, 0.5) is 0 Å². The number of H-pyrrole nitrogens is 1. The maximum atomic E-state index is 12.4. The number of nitrogens with one attached hydrogen (secondary N) is 2. The maximum Gasteiger partial charge on any atom is 0.276 e. The zero-order chi connectivity index (χ0) is 14.7. The molecule has 1 aromatic heterocycles. The van der Waals surface area contributed by atoms with Crippen molar-refractivity contribution in [2.45, 2.75) is 12.5 Å². The molecular weight excluding hydrogens is 270 g/mol. The van der Waals surface area contributed by atoms with Crippen molar-refractivity contribution in [3.8, 4) is 0 Å². The summed E-state index contributed by atoms with van der Waals surface area (Å²) in [5.41, 5.74) is 1.24. The van der Waals surface area contributed by atoms with E-state index in [0.29, 0.717) is 19.5 Å². The van der Waals surface area contributed by atoms with Gasteiger partial charge in [0.1, 0.15) is 6.04 Å². The molecule has 7 nitrogen and oxygen atoms in total. The van der Waals surface area contributed by atoms with E-state index < -0.39 is 6.04 Å². The molecule has 2 heterocycles. The molecule has 2 amide bonds. The number of rotatable bonds is 3. The average molecular weight is 285 g/mol. The van der Waals surface area contributed by atoms with Gasteiger partial charge in [-0.2, -0.15) is 15.4 Å². The van der Waals surface area contributed by atoms with Gasteiger partial charge in [-0.25, -0.2) is 0 Å². The molecule has 108 valence electrons. The molecule has 21 heavy (non-hydrogen) atoms. The number of hydrogen-bond donors (Lipinski definition) is 2. The van der Waals surface area contributed by atoms with Crippen LogP contribution < -0.4 is 5.32 Å². The first-order valence-corrected chi connectivity index (χ1v) is 6.74. The zero-order valence-corrected chi connectivity index (χ0v) is 11.3. The molecule has 0 bridgehead atoms. The lowest BCUT2D eigenvalue weighted by molar-refractivity contribution is -0.127. The van der Waals surface area contributed by atoms with Gasteiger partial charge in [0.2, 0.25) is 5.91 Å². The Balaban J connectivity index is 1.83. The van der Waals surface area contributed by atoms with E-state index in [1.807, 2.05) is 30.3 Å². The van der Waals surface area contributed by atoms with Gasteiger partial charge < -0.3 is 10.2 Å². The highest BCUT2D eigenvalue weighted by Gasteiger charge is 2.34. The Morgan fingerprint density at radius 1 is 1.33 bits per heavy atom. The van der Waals surface area contributed by atoms with E-state index in [-0.39, 0.29) is 17.5 Å². The summed E-state index contributed by atoms with van der Waals surface area (Å²) < 4.78 is 0. The molecule has 1 aliphatic rings. The van der Waals surface area contributed by atoms with E-state index in [0.717, 1.165) is 5.56 Å². The third kappa shape index (κ3) is 2.76. The number of carbonyl (C=O) groups is 2. The topological polar surface area (TPSA) is 91.0 Å². The molecule has 0 radical (unpaired) electrons. The van der Waals surface area contributed by atoms with Gasteiger partial charge in [-0.15, -0.1) is 0 Å². The van der Waals surface area contributed by atoms with Crippen LogP contribution in [-0.4, -0.2) is 51.3 Å². The van der Waals surface area contributed by atoms with Crippen LogP contribution in [0.5, 0.6) is 0 Å². The predicted octanol–water partition coefficient (Wildman–Crippen LogP) is -0.0120. The normalized spacial score (nSPS) is 18.4. The molecule has 7 heteroatoms. The fourth-order valence-corrected chi connectivity index (χ4v) is 2.45. The van der Waals surface area contributed by atoms with E-state index in [4.69, 9.17) is 0 Å². The second kappa shape index (κ2) is 5.74. The summed E-state index contributed by atoms with van der Waals surface area (Å²) in [6, 6.07) is 9.12. The van der Waals surface area contributed by atoms with Crippen molar-refractivity contribution >= 4 is 11.8 Å². The van der Waals surface area contributed by atoms with Gasteiger partial charge >= 0.3 is 0 Å². The maximum absolute atomic E-state index is 12.4. The minimum Gasteiger partial charge on any atom is -0.353 e. The predicted molar refractivity (Wildman–Crippen MR) is 74.4 cm³/mol. The fraction of sp³-hybridized carbons (Fsp3) is 0.286. The molecular formula is C14H15N5O2. The lowest BCUT2D eigenvalue weighted by Crippen LogP contribution is -2.58. The SMILES string of the molecule is O=C1NCCN(C(=O)c2cn[nH]n2)[C@@H]1Cc1ccccc1. The fourth-order valence-electron chi connectivity index (χ4n) is 2.45. The minimum absolute atomic E-state index is 0.137. The number of carbonyl (C=O) groups excluding carboxylic acids is 2. The first kappa shape index (κ1) is 13.3. The molecule has 2 aromatic rings.